The number of hydrogen-bond acceptors (Lipinski definition) is 4. The lowest BCUT2D eigenvalue weighted by Gasteiger charge is -2.23. The van der Waals surface area contributed by atoms with Crippen molar-refractivity contribution < 1.29 is 14.7 Å². The number of rotatable bonds is 3. The van der Waals surface area contributed by atoms with Crippen molar-refractivity contribution in [3.63, 3.8) is 0 Å². The number of fused-ring (bicyclic) bond motifs is 1. The zero-order chi connectivity index (χ0) is 15.9. The quantitative estimate of drug-likeness (QED) is 0.922. The minimum absolute atomic E-state index is 0.0704. The zero-order valence-corrected chi connectivity index (χ0v) is 13.0. The van der Waals surface area contributed by atoms with Gasteiger partial charge in [0.2, 0.25) is 0 Å². The highest BCUT2D eigenvalue weighted by Gasteiger charge is 2.55. The number of hydrogen-bond donors (Lipinski definition) is 1. The number of carboxylic acids is 1. The topological polar surface area (TPSA) is 83.4 Å². The smallest absolute Gasteiger partial charge is 0.311 e. The zero-order valence-electron chi connectivity index (χ0n) is 13.0. The summed E-state index contributed by atoms with van der Waals surface area (Å²) in [6.07, 6.45) is 5.48. The predicted octanol–water partition coefficient (Wildman–Crippen LogP) is 1.93. The van der Waals surface area contributed by atoms with E-state index in [1.807, 2.05) is 13.8 Å². The van der Waals surface area contributed by atoms with Crippen molar-refractivity contribution in [2.45, 2.75) is 39.0 Å². The number of carbonyl (C=O) groups excluding carboxylic acids is 1. The van der Waals surface area contributed by atoms with Crippen molar-refractivity contribution in [3.05, 3.63) is 23.8 Å². The van der Waals surface area contributed by atoms with Gasteiger partial charge in [-0.3, -0.25) is 9.59 Å². The molecule has 2 fully saturated rings. The summed E-state index contributed by atoms with van der Waals surface area (Å²) in [6, 6.07) is 0. The van der Waals surface area contributed by atoms with Gasteiger partial charge in [-0.25, -0.2) is 9.97 Å². The molecule has 1 aliphatic heterocycles. The van der Waals surface area contributed by atoms with Crippen LogP contribution in [0.1, 0.15) is 55.1 Å². The number of aromatic nitrogens is 2. The van der Waals surface area contributed by atoms with E-state index >= 15 is 0 Å². The molecule has 2 aliphatic rings. The molecule has 0 spiro atoms. The normalized spacial score (nSPS) is 27.2. The Bertz CT molecular complexity index is 616. The van der Waals surface area contributed by atoms with Crippen molar-refractivity contribution in [3.8, 4) is 0 Å². The van der Waals surface area contributed by atoms with Gasteiger partial charge in [0.05, 0.1) is 16.7 Å². The molecule has 1 aromatic heterocycles. The first-order valence-corrected chi connectivity index (χ1v) is 7.78. The van der Waals surface area contributed by atoms with E-state index in [4.69, 9.17) is 0 Å². The van der Waals surface area contributed by atoms with Gasteiger partial charge in [-0.15, -0.1) is 0 Å². The summed E-state index contributed by atoms with van der Waals surface area (Å²) in [7, 11) is 0. The minimum Gasteiger partial charge on any atom is -0.481 e. The van der Waals surface area contributed by atoms with Crippen molar-refractivity contribution in [2.75, 3.05) is 13.1 Å². The summed E-state index contributed by atoms with van der Waals surface area (Å²) in [5.41, 5.74) is 0.475. The van der Waals surface area contributed by atoms with E-state index < -0.39 is 11.4 Å². The summed E-state index contributed by atoms with van der Waals surface area (Å²) in [5, 5.41) is 9.62. The van der Waals surface area contributed by atoms with Crippen LogP contribution in [0.15, 0.2) is 12.5 Å². The average molecular weight is 303 g/mol. The van der Waals surface area contributed by atoms with Crippen LogP contribution in [-0.2, 0) is 4.79 Å². The summed E-state index contributed by atoms with van der Waals surface area (Å²) in [5.74, 6) is -0.711. The van der Waals surface area contributed by atoms with Gasteiger partial charge in [0.15, 0.2) is 0 Å². The first-order chi connectivity index (χ1) is 10.5. The molecule has 2 atom stereocenters. The molecule has 22 heavy (non-hydrogen) atoms. The summed E-state index contributed by atoms with van der Waals surface area (Å²) >= 11 is 0. The van der Waals surface area contributed by atoms with E-state index in [9.17, 15) is 14.7 Å². The van der Waals surface area contributed by atoms with E-state index in [1.54, 1.807) is 11.1 Å². The van der Waals surface area contributed by atoms with E-state index in [0.29, 0.717) is 25.1 Å². The molecule has 118 valence electrons. The molecule has 2 heterocycles. The molecule has 1 amide bonds. The summed E-state index contributed by atoms with van der Waals surface area (Å²) < 4.78 is 0. The maximum atomic E-state index is 12.8. The molecule has 1 saturated carbocycles. The van der Waals surface area contributed by atoms with Crippen LogP contribution in [-0.4, -0.2) is 44.9 Å². The maximum absolute atomic E-state index is 12.8. The Morgan fingerprint density at radius 3 is 2.86 bits per heavy atom. The molecule has 3 rings (SSSR count). The van der Waals surface area contributed by atoms with Gasteiger partial charge in [0, 0.05) is 19.3 Å². The third kappa shape index (κ3) is 2.17. The fraction of sp³-hybridized carbons (Fsp3) is 0.625. The number of aliphatic carboxylic acids is 1. The van der Waals surface area contributed by atoms with Crippen LogP contribution < -0.4 is 0 Å². The Morgan fingerprint density at radius 2 is 2.23 bits per heavy atom. The van der Waals surface area contributed by atoms with Crippen molar-refractivity contribution in [1.82, 2.24) is 14.9 Å². The largest absolute Gasteiger partial charge is 0.481 e. The van der Waals surface area contributed by atoms with Crippen LogP contribution in [0.2, 0.25) is 0 Å². The molecule has 0 unspecified atom stereocenters. The standard InChI is InChI=1S/C16H21N3O3/c1-10(2)13-12(6-17-9-18-13)14(20)19-7-11-4-3-5-16(11,8-19)15(21)22/h6,9-11H,3-5,7-8H2,1-2H3,(H,21,22)/t11-,16+/m0/s1. The minimum atomic E-state index is -0.765. The highest BCUT2D eigenvalue weighted by atomic mass is 16.4. The Morgan fingerprint density at radius 1 is 1.45 bits per heavy atom. The van der Waals surface area contributed by atoms with Gasteiger partial charge in [-0.05, 0) is 24.7 Å². The Labute approximate surface area is 129 Å². The molecule has 1 saturated heterocycles. The first-order valence-electron chi connectivity index (χ1n) is 7.78. The third-order valence-electron chi connectivity index (χ3n) is 5.10. The summed E-state index contributed by atoms with van der Waals surface area (Å²) in [4.78, 5) is 34.4. The second kappa shape index (κ2) is 5.34. The maximum Gasteiger partial charge on any atom is 0.311 e. The first kappa shape index (κ1) is 14.9. The van der Waals surface area contributed by atoms with Crippen LogP contribution in [0.4, 0.5) is 0 Å². The van der Waals surface area contributed by atoms with Gasteiger partial charge in [0.25, 0.3) is 5.91 Å². The van der Waals surface area contributed by atoms with Crippen molar-refractivity contribution >= 4 is 11.9 Å². The van der Waals surface area contributed by atoms with Gasteiger partial charge >= 0.3 is 5.97 Å². The number of carboxylic acid groups (broad SMARTS) is 1. The van der Waals surface area contributed by atoms with Gasteiger partial charge in [-0.1, -0.05) is 20.3 Å². The van der Waals surface area contributed by atoms with Gasteiger partial charge in [-0.2, -0.15) is 0 Å². The lowest BCUT2D eigenvalue weighted by atomic mass is 9.81. The molecule has 0 bridgehead atoms. The van der Waals surface area contributed by atoms with Gasteiger partial charge < -0.3 is 10.0 Å². The van der Waals surface area contributed by atoms with Crippen LogP contribution in [0.5, 0.6) is 0 Å². The second-order valence-electron chi connectivity index (χ2n) is 6.71. The monoisotopic (exact) mass is 303 g/mol. The van der Waals surface area contributed by atoms with Crippen LogP contribution in [0, 0.1) is 11.3 Å². The molecule has 0 aromatic carbocycles. The fourth-order valence-corrected chi connectivity index (χ4v) is 3.93. The molecule has 6 nitrogen and oxygen atoms in total. The van der Waals surface area contributed by atoms with Crippen LogP contribution >= 0.6 is 0 Å². The molecule has 1 aromatic rings. The highest BCUT2D eigenvalue weighted by molar-refractivity contribution is 5.96. The molecule has 0 radical (unpaired) electrons. The van der Waals surface area contributed by atoms with E-state index in [0.717, 1.165) is 18.5 Å². The lowest BCUT2D eigenvalue weighted by Crippen LogP contribution is -2.37. The fourth-order valence-electron chi connectivity index (χ4n) is 3.93. The SMILES string of the molecule is CC(C)c1ncncc1C(=O)N1C[C@@H]2CCC[C@@]2(C(=O)O)C1. The molecular weight excluding hydrogens is 282 g/mol. The van der Waals surface area contributed by atoms with Crippen molar-refractivity contribution in [1.29, 1.82) is 0 Å². The van der Waals surface area contributed by atoms with Crippen LogP contribution in [0.25, 0.3) is 0 Å². The second-order valence-corrected chi connectivity index (χ2v) is 6.71. The average Bonchev–Trinajstić information content (AvgIpc) is 3.04. The number of carbonyl (C=O) groups is 2. The van der Waals surface area contributed by atoms with E-state index in [1.165, 1.54) is 6.33 Å². The van der Waals surface area contributed by atoms with Crippen LogP contribution in [0.3, 0.4) is 0 Å². The summed E-state index contributed by atoms with van der Waals surface area (Å²) in [6.45, 7) is 4.79. The van der Waals surface area contributed by atoms with Gasteiger partial charge in [0.1, 0.15) is 6.33 Å². The van der Waals surface area contributed by atoms with Crippen molar-refractivity contribution in [2.24, 2.45) is 11.3 Å². The Kier molecular flexibility index (Phi) is 3.62. The van der Waals surface area contributed by atoms with E-state index in [-0.39, 0.29) is 17.7 Å². The molecule has 6 heteroatoms. The predicted molar refractivity (Wildman–Crippen MR) is 79.4 cm³/mol. The van der Waals surface area contributed by atoms with E-state index in [2.05, 4.69) is 9.97 Å². The number of nitrogens with zero attached hydrogens (tertiary/aromatic N) is 3. The highest BCUT2D eigenvalue weighted by Crippen LogP contribution is 2.49. The number of likely N-dealkylation sites (tertiary alicyclic amines) is 1. The number of amides is 1. The lowest BCUT2D eigenvalue weighted by molar-refractivity contribution is -0.149. The molecular formula is C16H21N3O3. The molecule has 1 N–H and O–H groups in total. The third-order valence-corrected chi connectivity index (χ3v) is 5.10. The molecule has 1 aliphatic carbocycles. The Balaban J connectivity index is 1.88. The Hall–Kier alpha value is -1.98.